The minimum atomic E-state index is -0.389. The quantitative estimate of drug-likeness (QED) is 0.663. The smallest absolute Gasteiger partial charge is 0.270 e. The lowest BCUT2D eigenvalue weighted by molar-refractivity contribution is -0.117. The van der Waals surface area contributed by atoms with Crippen LogP contribution in [-0.2, 0) is 11.3 Å². The van der Waals surface area contributed by atoms with Crippen LogP contribution in [0.4, 0.5) is 5.95 Å². The summed E-state index contributed by atoms with van der Waals surface area (Å²) < 4.78 is 1.24. The molecule has 1 amide bonds. The van der Waals surface area contributed by atoms with Gasteiger partial charge in [-0.3, -0.25) is 14.9 Å². The van der Waals surface area contributed by atoms with Crippen LogP contribution in [0, 0.1) is 12.8 Å². The van der Waals surface area contributed by atoms with Crippen LogP contribution in [0.2, 0.25) is 0 Å². The second-order valence-electron chi connectivity index (χ2n) is 7.94. The first-order chi connectivity index (χ1) is 14.3. The van der Waals surface area contributed by atoms with Crippen molar-refractivity contribution in [3.05, 3.63) is 51.2 Å². The Hall–Kier alpha value is -2.83. The lowest BCUT2D eigenvalue weighted by Gasteiger charge is -2.18. The molecular formula is C23H33N5O2. The molecule has 0 saturated heterocycles. The van der Waals surface area contributed by atoms with Gasteiger partial charge in [-0.1, -0.05) is 52.7 Å². The van der Waals surface area contributed by atoms with Crippen LogP contribution in [0.3, 0.4) is 0 Å². The van der Waals surface area contributed by atoms with E-state index in [9.17, 15) is 9.59 Å². The van der Waals surface area contributed by atoms with E-state index in [-0.39, 0.29) is 29.9 Å². The molecule has 0 aromatic carbocycles. The second-order valence-corrected chi connectivity index (χ2v) is 7.94. The minimum Gasteiger partial charge on any atom is -0.293 e. The standard InChI is InChI=1S/C23H33N5O2/c1-7-10-18(16(5)8-2)13-19-17(6)22(30)28(27-21(19)15(3)4)14-20(29)26-23-24-11-9-12-25-23/h9,11-13,15-16H,7-8,10,14H2,1-6H3,(H,24,25,26,29)/b18-13-. The van der Waals surface area contributed by atoms with Gasteiger partial charge in [-0.2, -0.15) is 5.10 Å². The minimum absolute atomic E-state index is 0.113. The van der Waals surface area contributed by atoms with Gasteiger partial charge in [0.25, 0.3) is 5.56 Å². The van der Waals surface area contributed by atoms with E-state index >= 15 is 0 Å². The van der Waals surface area contributed by atoms with E-state index in [1.54, 1.807) is 18.5 Å². The van der Waals surface area contributed by atoms with Crippen molar-refractivity contribution < 1.29 is 4.79 Å². The van der Waals surface area contributed by atoms with Gasteiger partial charge in [-0.15, -0.1) is 0 Å². The maximum atomic E-state index is 13.0. The first-order valence-electron chi connectivity index (χ1n) is 10.7. The number of nitrogens with zero attached hydrogens (tertiary/aromatic N) is 4. The number of rotatable bonds is 9. The summed E-state index contributed by atoms with van der Waals surface area (Å²) in [6.45, 7) is 12.3. The zero-order valence-electron chi connectivity index (χ0n) is 18.9. The predicted molar refractivity (Wildman–Crippen MR) is 120 cm³/mol. The Morgan fingerprint density at radius 3 is 2.43 bits per heavy atom. The summed E-state index contributed by atoms with van der Waals surface area (Å²) in [6.07, 6.45) is 8.33. The number of hydrogen-bond donors (Lipinski definition) is 1. The first-order valence-corrected chi connectivity index (χ1v) is 10.7. The molecule has 2 heterocycles. The highest BCUT2D eigenvalue weighted by molar-refractivity contribution is 5.88. The zero-order valence-corrected chi connectivity index (χ0v) is 18.9. The van der Waals surface area contributed by atoms with Gasteiger partial charge in [0, 0.05) is 23.5 Å². The molecule has 30 heavy (non-hydrogen) atoms. The van der Waals surface area contributed by atoms with Crippen molar-refractivity contribution in [2.45, 2.75) is 73.3 Å². The molecule has 0 aliphatic carbocycles. The molecule has 2 aromatic rings. The van der Waals surface area contributed by atoms with Gasteiger partial charge in [0.2, 0.25) is 11.9 Å². The highest BCUT2D eigenvalue weighted by Crippen LogP contribution is 2.27. The molecule has 2 rings (SSSR count). The fourth-order valence-electron chi connectivity index (χ4n) is 3.31. The highest BCUT2D eigenvalue weighted by Gasteiger charge is 2.18. The summed E-state index contributed by atoms with van der Waals surface area (Å²) in [6, 6.07) is 1.67. The summed E-state index contributed by atoms with van der Waals surface area (Å²) in [5.41, 5.74) is 3.42. The Labute approximate surface area is 178 Å². The number of amides is 1. The van der Waals surface area contributed by atoms with Crippen molar-refractivity contribution in [2.24, 2.45) is 5.92 Å². The Morgan fingerprint density at radius 1 is 1.20 bits per heavy atom. The first kappa shape index (κ1) is 23.4. The number of allylic oxidation sites excluding steroid dienone is 1. The van der Waals surface area contributed by atoms with Gasteiger partial charge in [-0.05, 0) is 37.7 Å². The van der Waals surface area contributed by atoms with E-state index in [0.29, 0.717) is 11.5 Å². The monoisotopic (exact) mass is 411 g/mol. The fourth-order valence-corrected chi connectivity index (χ4v) is 3.31. The molecule has 0 fully saturated rings. The Balaban J connectivity index is 2.44. The lowest BCUT2D eigenvalue weighted by Crippen LogP contribution is -2.33. The summed E-state index contributed by atoms with van der Waals surface area (Å²) in [5, 5.41) is 7.17. The average Bonchev–Trinajstić information content (AvgIpc) is 2.72. The number of aromatic nitrogens is 4. The maximum absolute atomic E-state index is 13.0. The van der Waals surface area contributed by atoms with Crippen LogP contribution in [-0.4, -0.2) is 25.7 Å². The van der Waals surface area contributed by atoms with E-state index in [1.165, 1.54) is 10.3 Å². The van der Waals surface area contributed by atoms with Crippen LogP contribution in [0.5, 0.6) is 0 Å². The van der Waals surface area contributed by atoms with Gasteiger partial charge in [-0.25, -0.2) is 14.6 Å². The average molecular weight is 412 g/mol. The molecule has 1 N–H and O–H groups in total. The van der Waals surface area contributed by atoms with E-state index in [0.717, 1.165) is 30.5 Å². The van der Waals surface area contributed by atoms with Gasteiger partial charge < -0.3 is 0 Å². The number of nitrogens with one attached hydrogen (secondary N) is 1. The Morgan fingerprint density at radius 2 is 1.87 bits per heavy atom. The van der Waals surface area contributed by atoms with E-state index in [4.69, 9.17) is 0 Å². The number of hydrogen-bond acceptors (Lipinski definition) is 5. The molecule has 7 nitrogen and oxygen atoms in total. The molecule has 0 spiro atoms. The highest BCUT2D eigenvalue weighted by atomic mass is 16.2. The number of carbonyl (C=O) groups is 1. The van der Waals surface area contributed by atoms with Crippen molar-refractivity contribution in [1.29, 1.82) is 0 Å². The third-order valence-electron chi connectivity index (χ3n) is 5.23. The summed E-state index contributed by atoms with van der Waals surface area (Å²) in [4.78, 5) is 33.3. The largest absolute Gasteiger partial charge is 0.293 e. The van der Waals surface area contributed by atoms with Crippen molar-refractivity contribution in [2.75, 3.05) is 5.32 Å². The summed E-state index contributed by atoms with van der Waals surface area (Å²) in [7, 11) is 0. The van der Waals surface area contributed by atoms with Crippen molar-refractivity contribution in [3.8, 4) is 0 Å². The van der Waals surface area contributed by atoms with Crippen LogP contribution < -0.4 is 10.9 Å². The maximum Gasteiger partial charge on any atom is 0.270 e. The van der Waals surface area contributed by atoms with Gasteiger partial charge in [0.15, 0.2) is 0 Å². The van der Waals surface area contributed by atoms with Crippen LogP contribution in [0.25, 0.3) is 6.08 Å². The fraction of sp³-hybridized carbons (Fsp3) is 0.522. The van der Waals surface area contributed by atoms with Crippen LogP contribution in [0.15, 0.2) is 28.8 Å². The van der Waals surface area contributed by atoms with Gasteiger partial charge in [0.05, 0.1) is 5.69 Å². The van der Waals surface area contributed by atoms with Crippen LogP contribution >= 0.6 is 0 Å². The Kier molecular flexibility index (Phi) is 8.45. The molecular weight excluding hydrogens is 378 g/mol. The molecule has 1 unspecified atom stereocenters. The zero-order chi connectivity index (χ0) is 22.3. The molecule has 0 saturated carbocycles. The second kappa shape index (κ2) is 10.8. The third kappa shape index (κ3) is 5.84. The molecule has 7 heteroatoms. The van der Waals surface area contributed by atoms with Gasteiger partial charge >= 0.3 is 0 Å². The number of carbonyl (C=O) groups excluding carboxylic acids is 1. The van der Waals surface area contributed by atoms with Crippen LogP contribution in [0.1, 0.15) is 76.6 Å². The SMILES string of the molecule is CCC/C(=C/c1c(C(C)C)nn(CC(=O)Nc2ncccn2)c(=O)c1C)C(C)CC. The van der Waals surface area contributed by atoms with Gasteiger partial charge in [0.1, 0.15) is 6.54 Å². The number of anilines is 1. The molecule has 1 atom stereocenters. The lowest BCUT2D eigenvalue weighted by atomic mass is 9.90. The summed E-state index contributed by atoms with van der Waals surface area (Å²) in [5.74, 6) is 0.374. The van der Waals surface area contributed by atoms with Crippen molar-refractivity contribution in [1.82, 2.24) is 19.7 Å². The molecule has 0 bridgehead atoms. The van der Waals surface area contributed by atoms with E-state index in [2.05, 4.69) is 61.1 Å². The van der Waals surface area contributed by atoms with E-state index < -0.39 is 0 Å². The molecule has 2 aromatic heterocycles. The molecule has 0 radical (unpaired) electrons. The van der Waals surface area contributed by atoms with Crippen molar-refractivity contribution in [3.63, 3.8) is 0 Å². The molecule has 0 aliphatic rings. The Bertz CT molecular complexity index is 948. The molecule has 0 aliphatic heterocycles. The van der Waals surface area contributed by atoms with Crippen molar-refractivity contribution >= 4 is 17.9 Å². The topological polar surface area (TPSA) is 89.8 Å². The summed E-state index contributed by atoms with van der Waals surface area (Å²) >= 11 is 0. The third-order valence-corrected chi connectivity index (χ3v) is 5.23. The predicted octanol–water partition coefficient (Wildman–Crippen LogP) is 4.33. The normalized spacial score (nSPS) is 12.8. The molecule has 162 valence electrons. The van der Waals surface area contributed by atoms with E-state index in [1.807, 2.05) is 6.92 Å².